The van der Waals surface area contributed by atoms with Gasteiger partial charge in [0, 0.05) is 0 Å². The maximum Gasteiger partial charge on any atom is 0.263 e. The third-order valence-electron chi connectivity index (χ3n) is 4.27. The molecule has 0 aliphatic carbocycles. The number of anilines is 2. The zero-order valence-corrected chi connectivity index (χ0v) is 13.1. The van der Waals surface area contributed by atoms with Gasteiger partial charge in [-0.3, -0.25) is 9.59 Å². The first-order valence-electron chi connectivity index (χ1n) is 7.57. The van der Waals surface area contributed by atoms with E-state index in [0.29, 0.717) is 11.3 Å². The molecule has 2 heterocycles. The van der Waals surface area contributed by atoms with Crippen molar-refractivity contribution < 1.29 is 18.4 Å². The quantitative estimate of drug-likeness (QED) is 0.788. The second-order valence-corrected chi connectivity index (χ2v) is 5.86. The summed E-state index contributed by atoms with van der Waals surface area (Å²) in [4.78, 5) is 26.2. The number of benzene rings is 2. The van der Waals surface area contributed by atoms with Crippen LogP contribution >= 0.6 is 0 Å². The summed E-state index contributed by atoms with van der Waals surface area (Å²) in [6, 6.07) is 7.56. The summed E-state index contributed by atoms with van der Waals surface area (Å²) >= 11 is 0. The minimum Gasteiger partial charge on any atom is -0.271 e. The Morgan fingerprint density at radius 1 is 1.00 bits per heavy atom. The lowest BCUT2D eigenvalue weighted by molar-refractivity contribution is -0.121. The highest BCUT2D eigenvalue weighted by Crippen LogP contribution is 2.35. The molecular formula is C17H12F2N4O2. The fourth-order valence-corrected chi connectivity index (χ4v) is 2.97. The van der Waals surface area contributed by atoms with Gasteiger partial charge >= 0.3 is 0 Å². The van der Waals surface area contributed by atoms with Crippen molar-refractivity contribution in [2.45, 2.75) is 19.0 Å². The van der Waals surface area contributed by atoms with Crippen LogP contribution in [0.2, 0.25) is 0 Å². The number of hydrogen-bond donors (Lipinski definition) is 0. The average molecular weight is 342 g/mol. The Morgan fingerprint density at radius 2 is 1.80 bits per heavy atom. The van der Waals surface area contributed by atoms with Crippen LogP contribution in [0.1, 0.15) is 5.56 Å². The molecule has 2 aliphatic rings. The molecule has 0 bridgehead atoms. The van der Waals surface area contributed by atoms with Crippen molar-refractivity contribution in [1.82, 2.24) is 0 Å². The SMILES string of the molecule is Cc1ccc(N2N=N[C@@H]3C(=O)N(c4cccc(F)c4)C(=O)[C@@H]32)cc1F. The van der Waals surface area contributed by atoms with Crippen LogP contribution in [0.4, 0.5) is 20.2 Å². The van der Waals surface area contributed by atoms with E-state index in [1.54, 1.807) is 19.1 Å². The molecule has 2 aromatic carbocycles. The molecule has 2 aromatic rings. The molecule has 8 heteroatoms. The molecule has 0 saturated carbocycles. The summed E-state index contributed by atoms with van der Waals surface area (Å²) < 4.78 is 27.3. The molecule has 2 atom stereocenters. The summed E-state index contributed by atoms with van der Waals surface area (Å²) in [6.45, 7) is 1.61. The van der Waals surface area contributed by atoms with Crippen LogP contribution in [0.25, 0.3) is 0 Å². The van der Waals surface area contributed by atoms with Gasteiger partial charge in [-0.15, -0.1) is 0 Å². The van der Waals surface area contributed by atoms with E-state index in [4.69, 9.17) is 0 Å². The van der Waals surface area contributed by atoms with Gasteiger partial charge in [0.1, 0.15) is 11.6 Å². The third kappa shape index (κ3) is 2.29. The van der Waals surface area contributed by atoms with Gasteiger partial charge in [0.2, 0.25) is 0 Å². The van der Waals surface area contributed by atoms with Gasteiger partial charge < -0.3 is 0 Å². The number of fused-ring (bicyclic) bond motifs is 1. The molecule has 25 heavy (non-hydrogen) atoms. The van der Waals surface area contributed by atoms with Crippen molar-refractivity contribution >= 4 is 23.2 Å². The lowest BCUT2D eigenvalue weighted by Gasteiger charge is -2.20. The minimum atomic E-state index is -1.03. The molecule has 0 N–H and O–H groups in total. The second-order valence-electron chi connectivity index (χ2n) is 5.86. The highest BCUT2D eigenvalue weighted by molar-refractivity contribution is 6.26. The molecule has 126 valence electrons. The van der Waals surface area contributed by atoms with E-state index < -0.39 is 35.5 Å². The van der Waals surface area contributed by atoms with E-state index in [-0.39, 0.29) is 5.69 Å². The standard InChI is InChI=1S/C17H12F2N4O2/c1-9-5-6-12(8-13(9)19)23-15-14(20-21-23)16(24)22(17(15)25)11-4-2-3-10(18)7-11/h2-8,14-15H,1H3/t14-,15+/m0/s1. The lowest BCUT2D eigenvalue weighted by atomic mass is 10.1. The van der Waals surface area contributed by atoms with Crippen LogP contribution in [0.3, 0.4) is 0 Å². The number of nitrogens with zero attached hydrogens (tertiary/aromatic N) is 4. The van der Waals surface area contributed by atoms with Crippen LogP contribution in [-0.4, -0.2) is 23.9 Å². The second kappa shape index (κ2) is 5.44. The third-order valence-corrected chi connectivity index (χ3v) is 4.27. The van der Waals surface area contributed by atoms with E-state index in [1.807, 2.05) is 0 Å². The van der Waals surface area contributed by atoms with E-state index in [0.717, 1.165) is 11.0 Å². The summed E-state index contributed by atoms with van der Waals surface area (Å²) in [6.07, 6.45) is 0. The van der Waals surface area contributed by atoms with Crippen LogP contribution in [0.5, 0.6) is 0 Å². The number of aryl methyl sites for hydroxylation is 1. The molecule has 0 unspecified atom stereocenters. The normalized spacial score (nSPS) is 22.0. The Balaban J connectivity index is 1.71. The maximum atomic E-state index is 13.8. The first-order valence-corrected chi connectivity index (χ1v) is 7.57. The van der Waals surface area contributed by atoms with Crippen molar-refractivity contribution in [1.29, 1.82) is 0 Å². The van der Waals surface area contributed by atoms with Crippen molar-refractivity contribution in [3.63, 3.8) is 0 Å². The van der Waals surface area contributed by atoms with Crippen molar-refractivity contribution in [3.05, 3.63) is 59.7 Å². The van der Waals surface area contributed by atoms with Crippen molar-refractivity contribution in [2.75, 3.05) is 9.91 Å². The highest BCUT2D eigenvalue weighted by Gasteiger charge is 2.55. The van der Waals surface area contributed by atoms with Gasteiger partial charge in [-0.25, -0.2) is 18.7 Å². The monoisotopic (exact) mass is 342 g/mol. The predicted octanol–water partition coefficient (Wildman–Crippen LogP) is 2.77. The van der Waals surface area contributed by atoms with Gasteiger partial charge in [-0.1, -0.05) is 17.4 Å². The summed E-state index contributed by atoms with van der Waals surface area (Å²) in [5.41, 5.74) is 0.905. The fourth-order valence-electron chi connectivity index (χ4n) is 2.97. The van der Waals surface area contributed by atoms with Crippen LogP contribution in [-0.2, 0) is 9.59 Å². The Hall–Kier alpha value is -3.16. The summed E-state index contributed by atoms with van der Waals surface area (Å²) in [7, 11) is 0. The van der Waals surface area contributed by atoms with Gasteiger partial charge in [-0.05, 0) is 42.8 Å². The Kier molecular flexibility index (Phi) is 3.34. The van der Waals surface area contributed by atoms with Crippen molar-refractivity contribution in [3.8, 4) is 0 Å². The predicted molar refractivity (Wildman–Crippen MR) is 84.9 cm³/mol. The number of rotatable bonds is 2. The topological polar surface area (TPSA) is 65.3 Å². The molecule has 0 radical (unpaired) electrons. The molecule has 0 spiro atoms. The van der Waals surface area contributed by atoms with Gasteiger partial charge in [0.05, 0.1) is 11.4 Å². The first-order chi connectivity index (χ1) is 12.0. The van der Waals surface area contributed by atoms with Crippen LogP contribution < -0.4 is 9.91 Å². The Labute approximate surface area is 141 Å². The number of imide groups is 1. The fraction of sp³-hybridized carbons (Fsp3) is 0.176. The Morgan fingerprint density at radius 3 is 2.52 bits per heavy atom. The Bertz CT molecular complexity index is 931. The first kappa shape index (κ1) is 15.4. The summed E-state index contributed by atoms with van der Waals surface area (Å²) in [5.74, 6) is -2.17. The van der Waals surface area contributed by atoms with E-state index in [1.165, 1.54) is 29.3 Å². The molecule has 0 aromatic heterocycles. The van der Waals surface area contributed by atoms with Crippen LogP contribution in [0.15, 0.2) is 52.8 Å². The molecule has 1 saturated heterocycles. The van der Waals surface area contributed by atoms with Crippen molar-refractivity contribution in [2.24, 2.45) is 10.3 Å². The van der Waals surface area contributed by atoms with Gasteiger partial charge in [0.15, 0.2) is 12.1 Å². The molecule has 1 fully saturated rings. The van der Waals surface area contributed by atoms with Gasteiger partial charge in [0.25, 0.3) is 11.8 Å². The summed E-state index contributed by atoms with van der Waals surface area (Å²) in [5, 5.41) is 8.95. The molecule has 6 nitrogen and oxygen atoms in total. The average Bonchev–Trinajstić information content (AvgIpc) is 3.11. The zero-order valence-electron chi connectivity index (χ0n) is 13.1. The molecule has 2 amide bonds. The largest absolute Gasteiger partial charge is 0.271 e. The minimum absolute atomic E-state index is 0.134. The molecule has 4 rings (SSSR count). The maximum absolute atomic E-state index is 13.8. The molecular weight excluding hydrogens is 330 g/mol. The van der Waals surface area contributed by atoms with E-state index >= 15 is 0 Å². The number of hydrogen-bond acceptors (Lipinski definition) is 5. The van der Waals surface area contributed by atoms with Crippen LogP contribution in [0, 0.1) is 18.6 Å². The zero-order chi connectivity index (χ0) is 17.7. The number of carbonyl (C=O) groups is 2. The van der Waals surface area contributed by atoms with E-state index in [2.05, 4.69) is 10.3 Å². The van der Waals surface area contributed by atoms with E-state index in [9.17, 15) is 18.4 Å². The number of carbonyl (C=O) groups excluding carboxylic acids is 2. The lowest BCUT2D eigenvalue weighted by Crippen LogP contribution is -2.40. The highest BCUT2D eigenvalue weighted by atomic mass is 19.1. The number of halogens is 2. The molecule has 2 aliphatic heterocycles. The van der Waals surface area contributed by atoms with Gasteiger partial charge in [-0.2, -0.15) is 5.11 Å². The smallest absolute Gasteiger partial charge is 0.263 e. The number of amides is 2.